The van der Waals surface area contributed by atoms with E-state index in [1.807, 2.05) is 0 Å². The second kappa shape index (κ2) is 8.97. The standard InChI is InChI=1S/C18H23FN2O6S/c19-15-1-3-16(4-2-15)28(24,25)21-9-7-20(8-10-21)17(22)13-27-18(23)14-5-11-26-12-6-14/h1-4,14H,5-13H2. The summed E-state index contributed by atoms with van der Waals surface area (Å²) in [5.41, 5.74) is 0. The van der Waals surface area contributed by atoms with Crippen LogP contribution in [-0.4, -0.2) is 75.5 Å². The summed E-state index contributed by atoms with van der Waals surface area (Å²) in [6.07, 6.45) is 1.18. The van der Waals surface area contributed by atoms with Crippen LogP contribution in [0.4, 0.5) is 4.39 Å². The second-order valence-corrected chi connectivity index (χ2v) is 8.67. The maximum atomic E-state index is 13.0. The highest BCUT2D eigenvalue weighted by Gasteiger charge is 2.31. The van der Waals surface area contributed by atoms with Crippen molar-refractivity contribution in [1.29, 1.82) is 0 Å². The van der Waals surface area contributed by atoms with Gasteiger partial charge < -0.3 is 14.4 Å². The number of halogens is 1. The lowest BCUT2D eigenvalue weighted by atomic mass is 10.0. The van der Waals surface area contributed by atoms with Gasteiger partial charge in [-0.25, -0.2) is 12.8 Å². The number of carbonyl (C=O) groups excluding carboxylic acids is 2. The van der Waals surface area contributed by atoms with Crippen LogP contribution in [-0.2, 0) is 29.1 Å². The largest absolute Gasteiger partial charge is 0.455 e. The van der Waals surface area contributed by atoms with E-state index >= 15 is 0 Å². The van der Waals surface area contributed by atoms with Crippen molar-refractivity contribution in [3.63, 3.8) is 0 Å². The van der Waals surface area contributed by atoms with Crippen LogP contribution in [0.1, 0.15) is 12.8 Å². The van der Waals surface area contributed by atoms with E-state index in [1.165, 1.54) is 21.3 Å². The minimum absolute atomic E-state index is 0.0130. The molecule has 28 heavy (non-hydrogen) atoms. The fraction of sp³-hybridized carbons (Fsp3) is 0.556. The number of nitrogens with zero attached hydrogens (tertiary/aromatic N) is 2. The van der Waals surface area contributed by atoms with E-state index in [2.05, 4.69) is 0 Å². The van der Waals surface area contributed by atoms with Crippen LogP contribution in [0.25, 0.3) is 0 Å². The summed E-state index contributed by atoms with van der Waals surface area (Å²) in [6, 6.07) is 4.63. The van der Waals surface area contributed by atoms with Gasteiger partial charge in [0.15, 0.2) is 6.61 Å². The number of rotatable bonds is 5. The maximum Gasteiger partial charge on any atom is 0.309 e. The minimum Gasteiger partial charge on any atom is -0.455 e. The molecule has 0 atom stereocenters. The molecule has 1 amide bonds. The van der Waals surface area contributed by atoms with Crippen molar-refractivity contribution in [2.24, 2.45) is 5.92 Å². The Hall–Kier alpha value is -2.04. The van der Waals surface area contributed by atoms with Gasteiger partial charge in [-0.15, -0.1) is 0 Å². The molecule has 0 saturated carbocycles. The predicted molar refractivity (Wildman–Crippen MR) is 96.2 cm³/mol. The zero-order valence-electron chi connectivity index (χ0n) is 15.4. The number of carbonyl (C=O) groups is 2. The summed E-state index contributed by atoms with van der Waals surface area (Å²) in [7, 11) is -3.74. The summed E-state index contributed by atoms with van der Waals surface area (Å²) in [6.45, 7) is 1.33. The molecule has 10 heteroatoms. The molecule has 0 radical (unpaired) electrons. The Bertz CT molecular complexity index is 800. The van der Waals surface area contributed by atoms with E-state index in [0.717, 1.165) is 12.1 Å². The van der Waals surface area contributed by atoms with Crippen molar-refractivity contribution in [1.82, 2.24) is 9.21 Å². The van der Waals surface area contributed by atoms with E-state index in [1.54, 1.807) is 0 Å². The van der Waals surface area contributed by atoms with Gasteiger partial charge in [-0.05, 0) is 37.1 Å². The fourth-order valence-corrected chi connectivity index (χ4v) is 4.63. The Labute approximate surface area is 163 Å². The average Bonchev–Trinajstić information content (AvgIpc) is 2.73. The Morgan fingerprint density at radius 2 is 1.68 bits per heavy atom. The van der Waals surface area contributed by atoms with Gasteiger partial charge in [-0.1, -0.05) is 0 Å². The van der Waals surface area contributed by atoms with Crippen molar-refractivity contribution >= 4 is 21.9 Å². The van der Waals surface area contributed by atoms with Crippen LogP contribution < -0.4 is 0 Å². The average molecular weight is 414 g/mol. The Morgan fingerprint density at radius 3 is 2.29 bits per heavy atom. The monoisotopic (exact) mass is 414 g/mol. The van der Waals surface area contributed by atoms with Crippen LogP contribution in [0.2, 0.25) is 0 Å². The smallest absolute Gasteiger partial charge is 0.309 e. The molecule has 1 aromatic carbocycles. The molecule has 0 unspecified atom stereocenters. The minimum atomic E-state index is -3.74. The summed E-state index contributed by atoms with van der Waals surface area (Å²) in [5, 5.41) is 0. The molecule has 8 nitrogen and oxygen atoms in total. The quantitative estimate of drug-likeness (QED) is 0.656. The molecule has 3 rings (SSSR count). The topological polar surface area (TPSA) is 93.2 Å². The lowest BCUT2D eigenvalue weighted by molar-refractivity contribution is -0.158. The molecule has 2 saturated heterocycles. The van der Waals surface area contributed by atoms with Gasteiger partial charge in [-0.2, -0.15) is 4.31 Å². The van der Waals surface area contributed by atoms with Crippen LogP contribution in [0.3, 0.4) is 0 Å². The van der Waals surface area contributed by atoms with Gasteiger partial charge in [0.25, 0.3) is 5.91 Å². The van der Waals surface area contributed by atoms with Gasteiger partial charge in [-0.3, -0.25) is 9.59 Å². The fourth-order valence-electron chi connectivity index (χ4n) is 3.21. The van der Waals surface area contributed by atoms with Crippen molar-refractivity contribution in [3.05, 3.63) is 30.1 Å². The number of esters is 1. The van der Waals surface area contributed by atoms with Crippen LogP contribution >= 0.6 is 0 Å². The summed E-state index contributed by atoms with van der Waals surface area (Å²) >= 11 is 0. The van der Waals surface area contributed by atoms with Gasteiger partial charge >= 0.3 is 5.97 Å². The van der Waals surface area contributed by atoms with E-state index in [0.29, 0.717) is 26.1 Å². The van der Waals surface area contributed by atoms with Crippen LogP contribution in [0.15, 0.2) is 29.2 Å². The molecule has 0 aromatic heterocycles. The lowest BCUT2D eigenvalue weighted by Crippen LogP contribution is -2.51. The molecule has 2 heterocycles. The number of amides is 1. The van der Waals surface area contributed by atoms with Crippen LogP contribution in [0, 0.1) is 11.7 Å². The van der Waals surface area contributed by atoms with Crippen LogP contribution in [0.5, 0.6) is 0 Å². The maximum absolute atomic E-state index is 13.0. The van der Waals surface area contributed by atoms with Crippen molar-refractivity contribution in [3.8, 4) is 0 Å². The van der Waals surface area contributed by atoms with E-state index in [9.17, 15) is 22.4 Å². The van der Waals surface area contributed by atoms with E-state index in [4.69, 9.17) is 9.47 Å². The summed E-state index contributed by atoms with van der Waals surface area (Å²) < 4.78 is 49.8. The van der Waals surface area contributed by atoms with Gasteiger partial charge in [0.05, 0.1) is 10.8 Å². The van der Waals surface area contributed by atoms with E-state index < -0.39 is 21.8 Å². The predicted octanol–water partition coefficient (Wildman–Crippen LogP) is 0.628. The highest BCUT2D eigenvalue weighted by atomic mass is 32.2. The normalized spacial score (nSPS) is 19.4. The lowest BCUT2D eigenvalue weighted by Gasteiger charge is -2.34. The Kier molecular flexibility index (Phi) is 6.63. The first kappa shape index (κ1) is 20.7. The molecule has 2 fully saturated rings. The Morgan fingerprint density at radius 1 is 1.07 bits per heavy atom. The summed E-state index contributed by atoms with van der Waals surface area (Å²) in [5.74, 6) is -1.49. The molecule has 0 spiro atoms. The zero-order valence-corrected chi connectivity index (χ0v) is 16.2. The van der Waals surface area contributed by atoms with Crippen molar-refractivity contribution in [2.45, 2.75) is 17.7 Å². The third-order valence-corrected chi connectivity index (χ3v) is 6.85. The third-order valence-electron chi connectivity index (χ3n) is 4.94. The molecule has 0 N–H and O–H groups in total. The number of hydrogen-bond donors (Lipinski definition) is 0. The first-order valence-corrected chi connectivity index (χ1v) is 10.6. The molecule has 2 aliphatic rings. The first-order valence-electron chi connectivity index (χ1n) is 9.16. The summed E-state index contributed by atoms with van der Waals surface area (Å²) in [4.78, 5) is 25.7. The number of sulfonamides is 1. The molecular formula is C18H23FN2O6S. The zero-order chi connectivity index (χ0) is 20.1. The van der Waals surface area contributed by atoms with E-state index in [-0.39, 0.29) is 49.5 Å². The molecular weight excluding hydrogens is 391 g/mol. The van der Waals surface area contributed by atoms with Gasteiger partial charge in [0.1, 0.15) is 5.82 Å². The Balaban J connectivity index is 1.48. The van der Waals surface area contributed by atoms with Gasteiger partial charge in [0.2, 0.25) is 10.0 Å². The number of hydrogen-bond acceptors (Lipinski definition) is 6. The first-order chi connectivity index (χ1) is 13.4. The number of benzene rings is 1. The SMILES string of the molecule is O=C(OCC(=O)N1CCN(S(=O)(=O)c2ccc(F)cc2)CC1)C1CCOCC1. The van der Waals surface area contributed by atoms with Crippen molar-refractivity contribution in [2.75, 3.05) is 46.0 Å². The number of piperazine rings is 1. The molecule has 0 aliphatic carbocycles. The molecule has 0 bridgehead atoms. The second-order valence-electron chi connectivity index (χ2n) is 6.73. The highest BCUT2D eigenvalue weighted by Crippen LogP contribution is 2.19. The highest BCUT2D eigenvalue weighted by molar-refractivity contribution is 7.89. The number of ether oxygens (including phenoxy) is 2. The van der Waals surface area contributed by atoms with Crippen molar-refractivity contribution < 1.29 is 31.9 Å². The molecule has 154 valence electrons. The third kappa shape index (κ3) is 4.86. The molecule has 1 aromatic rings. The molecule has 2 aliphatic heterocycles. The van der Waals surface area contributed by atoms with Gasteiger partial charge in [0, 0.05) is 39.4 Å².